The fourth-order valence-corrected chi connectivity index (χ4v) is 1.60. The third kappa shape index (κ3) is 3.77. The van der Waals surface area contributed by atoms with Crippen molar-refractivity contribution in [2.75, 3.05) is 6.61 Å². The first-order valence-corrected chi connectivity index (χ1v) is 6.90. The Labute approximate surface area is 81.2 Å². The number of rotatable bonds is 3. The molecule has 1 aliphatic carbocycles. The highest BCUT2D eigenvalue weighted by atomic mass is 35.9. The average molecular weight is 227 g/mol. The van der Waals surface area contributed by atoms with Gasteiger partial charge in [-0.1, -0.05) is 17.7 Å². The van der Waals surface area contributed by atoms with Crippen LogP contribution in [0.25, 0.3) is 0 Å². The van der Waals surface area contributed by atoms with Crippen LogP contribution in [-0.4, -0.2) is 6.61 Å². The topological polar surface area (TPSA) is 26.3 Å². The summed E-state index contributed by atoms with van der Waals surface area (Å²) >= 11 is 10.4. The fraction of sp³-hybridized carbons (Fsp3) is 0.429. The van der Waals surface area contributed by atoms with E-state index in [-0.39, 0.29) is 6.61 Å². The van der Waals surface area contributed by atoms with E-state index in [0.717, 1.165) is 12.0 Å². The van der Waals surface area contributed by atoms with Crippen LogP contribution >= 0.6 is 28.6 Å². The Morgan fingerprint density at radius 1 is 1.58 bits per heavy atom. The Balaban J connectivity index is 2.33. The molecular weight excluding hydrogens is 218 g/mol. The first kappa shape index (κ1) is 10.3. The summed E-state index contributed by atoms with van der Waals surface area (Å²) in [6.45, 7) is 2.27. The molecule has 0 aromatic rings. The molecule has 0 amide bonds. The van der Waals surface area contributed by atoms with Gasteiger partial charge in [-0.2, -0.15) is 0 Å². The van der Waals surface area contributed by atoms with Gasteiger partial charge < -0.3 is 4.52 Å². The van der Waals surface area contributed by atoms with Gasteiger partial charge in [-0.25, -0.2) is 0 Å². The summed E-state index contributed by atoms with van der Waals surface area (Å²) in [4.78, 5) is 0. The maximum atomic E-state index is 10.7. The summed E-state index contributed by atoms with van der Waals surface area (Å²) < 4.78 is 15.5. The van der Waals surface area contributed by atoms with Gasteiger partial charge in [0.1, 0.15) is 0 Å². The first-order chi connectivity index (χ1) is 5.47. The van der Waals surface area contributed by atoms with Crippen LogP contribution in [-0.2, 0) is 9.09 Å². The molecule has 1 rings (SSSR count). The minimum atomic E-state index is -3.36. The van der Waals surface area contributed by atoms with Crippen molar-refractivity contribution in [2.45, 2.75) is 13.3 Å². The molecule has 0 N–H and O–H groups in total. The monoisotopic (exact) mass is 226 g/mol. The largest absolute Gasteiger partial charge is 0.380 e. The van der Waals surface area contributed by atoms with Crippen molar-refractivity contribution in [2.24, 2.45) is 0 Å². The van der Waals surface area contributed by atoms with E-state index in [1.807, 2.05) is 19.1 Å². The Bertz CT molecular complexity index is 277. The van der Waals surface area contributed by atoms with E-state index in [0.29, 0.717) is 0 Å². The first-order valence-electron chi connectivity index (χ1n) is 3.46. The summed E-state index contributed by atoms with van der Waals surface area (Å²) in [5.74, 6) is 0. The standard InChI is InChI=1S/C7H9Cl2O2P/c1-6-2-3-7(4-6)5-11-12(8,9)10/h2-3H,4-5H2,1H3. The van der Waals surface area contributed by atoms with Gasteiger partial charge in [0.15, 0.2) is 0 Å². The predicted molar refractivity (Wildman–Crippen MR) is 51.7 cm³/mol. The maximum Gasteiger partial charge on any atom is 0.380 e. The lowest BCUT2D eigenvalue weighted by Gasteiger charge is -2.04. The summed E-state index contributed by atoms with van der Waals surface area (Å²) in [6.07, 6.45) is 1.42. The molecule has 0 unspecified atom stereocenters. The normalized spacial score (nSPS) is 17.6. The fourth-order valence-electron chi connectivity index (χ4n) is 0.993. The van der Waals surface area contributed by atoms with Crippen LogP contribution in [0, 0.1) is 0 Å². The quantitative estimate of drug-likeness (QED) is 0.684. The molecule has 0 radical (unpaired) electrons. The molecule has 0 saturated heterocycles. The number of hydrogen-bond donors (Lipinski definition) is 0. The molecule has 0 spiro atoms. The Morgan fingerprint density at radius 2 is 2.25 bits per heavy atom. The van der Waals surface area contributed by atoms with Gasteiger partial charge in [0.25, 0.3) is 0 Å². The maximum absolute atomic E-state index is 10.7. The Morgan fingerprint density at radius 3 is 2.67 bits per heavy atom. The number of halogens is 2. The van der Waals surface area contributed by atoms with Crippen LogP contribution in [0.1, 0.15) is 13.3 Å². The molecule has 68 valence electrons. The number of allylic oxidation sites excluding steroid dienone is 3. The molecule has 0 aromatic heterocycles. The van der Waals surface area contributed by atoms with Gasteiger partial charge in [-0.3, -0.25) is 4.57 Å². The lowest BCUT2D eigenvalue weighted by atomic mass is 10.2. The highest BCUT2D eigenvalue weighted by molar-refractivity contribution is 8.05. The zero-order chi connectivity index (χ0) is 9.19. The van der Waals surface area contributed by atoms with Gasteiger partial charge in [-0.15, -0.1) is 0 Å². The zero-order valence-corrected chi connectivity index (χ0v) is 8.99. The summed E-state index contributed by atoms with van der Waals surface area (Å²) in [5, 5.41) is 0. The van der Waals surface area contributed by atoms with E-state index in [2.05, 4.69) is 0 Å². The molecule has 2 nitrogen and oxygen atoms in total. The van der Waals surface area contributed by atoms with Gasteiger partial charge in [0, 0.05) is 0 Å². The molecular formula is C7H9Cl2O2P. The molecule has 1 aliphatic rings. The SMILES string of the molecule is CC1=CC=C(COP(=O)(Cl)Cl)C1. The van der Waals surface area contributed by atoms with E-state index >= 15 is 0 Å². The van der Waals surface area contributed by atoms with E-state index < -0.39 is 6.07 Å². The van der Waals surface area contributed by atoms with Crippen LogP contribution in [0.4, 0.5) is 0 Å². The van der Waals surface area contributed by atoms with E-state index in [1.54, 1.807) is 0 Å². The second kappa shape index (κ2) is 3.97. The van der Waals surface area contributed by atoms with Crippen LogP contribution in [0.5, 0.6) is 0 Å². The van der Waals surface area contributed by atoms with Crippen LogP contribution < -0.4 is 0 Å². The van der Waals surface area contributed by atoms with Crippen LogP contribution in [0.3, 0.4) is 0 Å². The van der Waals surface area contributed by atoms with Crippen molar-refractivity contribution in [1.82, 2.24) is 0 Å². The minimum Gasteiger partial charge on any atom is -0.302 e. The molecule has 0 aliphatic heterocycles. The third-order valence-corrected chi connectivity index (χ3v) is 2.52. The highest BCUT2D eigenvalue weighted by Crippen LogP contribution is 2.57. The van der Waals surface area contributed by atoms with Crippen molar-refractivity contribution in [1.29, 1.82) is 0 Å². The van der Waals surface area contributed by atoms with Gasteiger partial charge in [-0.05, 0) is 41.4 Å². The van der Waals surface area contributed by atoms with E-state index in [1.165, 1.54) is 5.57 Å². The molecule has 5 heteroatoms. The molecule has 0 fully saturated rings. The van der Waals surface area contributed by atoms with Gasteiger partial charge >= 0.3 is 6.07 Å². The highest BCUT2D eigenvalue weighted by Gasteiger charge is 2.15. The third-order valence-electron chi connectivity index (χ3n) is 1.51. The van der Waals surface area contributed by atoms with Crippen molar-refractivity contribution < 1.29 is 9.09 Å². The van der Waals surface area contributed by atoms with Crippen LogP contribution in [0.15, 0.2) is 23.3 Å². The second-order valence-electron chi connectivity index (χ2n) is 2.70. The summed E-state index contributed by atoms with van der Waals surface area (Å²) in [6, 6.07) is 0. The molecule has 12 heavy (non-hydrogen) atoms. The molecule has 0 heterocycles. The number of hydrogen-bond acceptors (Lipinski definition) is 2. The zero-order valence-electron chi connectivity index (χ0n) is 6.59. The van der Waals surface area contributed by atoms with Gasteiger partial charge in [0.05, 0.1) is 6.61 Å². The summed E-state index contributed by atoms with van der Waals surface area (Å²) in [5.41, 5.74) is 2.31. The Hall–Kier alpha value is 0.250. The lowest BCUT2D eigenvalue weighted by molar-refractivity contribution is 0.364. The van der Waals surface area contributed by atoms with Crippen molar-refractivity contribution in [3.63, 3.8) is 0 Å². The van der Waals surface area contributed by atoms with Gasteiger partial charge in [0.2, 0.25) is 0 Å². The van der Waals surface area contributed by atoms with Crippen molar-refractivity contribution in [3.05, 3.63) is 23.3 Å². The molecule has 0 aromatic carbocycles. The van der Waals surface area contributed by atoms with Crippen LogP contribution in [0.2, 0.25) is 0 Å². The second-order valence-corrected chi connectivity index (χ2v) is 6.98. The molecule has 0 atom stereocenters. The van der Waals surface area contributed by atoms with E-state index in [4.69, 9.17) is 27.0 Å². The minimum absolute atomic E-state index is 0.248. The molecule has 0 saturated carbocycles. The van der Waals surface area contributed by atoms with Crippen molar-refractivity contribution in [3.8, 4) is 0 Å². The predicted octanol–water partition coefficient (Wildman–Crippen LogP) is 3.87. The summed E-state index contributed by atoms with van der Waals surface area (Å²) in [7, 11) is 0. The lowest BCUT2D eigenvalue weighted by Crippen LogP contribution is -1.90. The average Bonchev–Trinajstić information content (AvgIpc) is 2.30. The molecule has 0 bridgehead atoms. The smallest absolute Gasteiger partial charge is 0.302 e. The Kier molecular flexibility index (Phi) is 3.42. The van der Waals surface area contributed by atoms with Crippen molar-refractivity contribution >= 4 is 28.6 Å². The van der Waals surface area contributed by atoms with E-state index in [9.17, 15) is 4.57 Å².